The van der Waals surface area contributed by atoms with Gasteiger partial charge in [-0.3, -0.25) is 0 Å². The normalized spacial score (nSPS) is 19.0. The number of fused-ring (bicyclic) bond motifs is 1. The van der Waals surface area contributed by atoms with Crippen LogP contribution in [0.3, 0.4) is 0 Å². The molecule has 2 heterocycles. The SMILES string of the molecule is COc1ccc([C@H]2C[C@@H](c3ccccc3)Nc3ncnn32)cc1OC. The summed E-state index contributed by atoms with van der Waals surface area (Å²) in [6.45, 7) is 0. The minimum atomic E-state index is 0.0729. The van der Waals surface area contributed by atoms with E-state index in [1.54, 1.807) is 20.5 Å². The summed E-state index contributed by atoms with van der Waals surface area (Å²) in [6.07, 6.45) is 2.46. The Kier molecular flexibility index (Phi) is 4.01. The van der Waals surface area contributed by atoms with Crippen LogP contribution in [0.5, 0.6) is 11.5 Å². The van der Waals surface area contributed by atoms with Crippen molar-refractivity contribution in [3.05, 3.63) is 66.0 Å². The highest BCUT2D eigenvalue weighted by Gasteiger charge is 2.30. The van der Waals surface area contributed by atoms with E-state index in [1.165, 1.54) is 5.56 Å². The number of nitrogens with zero attached hydrogens (tertiary/aromatic N) is 3. The number of anilines is 1. The van der Waals surface area contributed by atoms with Crippen LogP contribution in [-0.2, 0) is 0 Å². The van der Waals surface area contributed by atoms with Crippen molar-refractivity contribution < 1.29 is 9.47 Å². The predicted molar refractivity (Wildman–Crippen MR) is 95.1 cm³/mol. The summed E-state index contributed by atoms with van der Waals surface area (Å²) in [4.78, 5) is 4.37. The first-order chi connectivity index (χ1) is 12.3. The van der Waals surface area contributed by atoms with Gasteiger partial charge in [0.15, 0.2) is 11.5 Å². The fraction of sp³-hybridized carbons (Fsp3) is 0.263. The van der Waals surface area contributed by atoms with Crippen LogP contribution in [0, 0.1) is 0 Å². The second-order valence-electron chi connectivity index (χ2n) is 6.00. The van der Waals surface area contributed by atoms with Crippen LogP contribution >= 0.6 is 0 Å². The lowest BCUT2D eigenvalue weighted by Crippen LogP contribution is -2.28. The zero-order chi connectivity index (χ0) is 17.2. The Hall–Kier alpha value is -3.02. The molecular weight excluding hydrogens is 316 g/mol. The van der Waals surface area contributed by atoms with Crippen LogP contribution in [0.1, 0.15) is 29.6 Å². The molecule has 2 atom stereocenters. The van der Waals surface area contributed by atoms with Crippen molar-refractivity contribution in [3.8, 4) is 11.5 Å². The average molecular weight is 336 g/mol. The number of ether oxygens (including phenoxy) is 2. The van der Waals surface area contributed by atoms with Gasteiger partial charge in [-0.1, -0.05) is 36.4 Å². The first kappa shape index (κ1) is 15.5. The largest absolute Gasteiger partial charge is 0.493 e. The van der Waals surface area contributed by atoms with Crippen LogP contribution < -0.4 is 14.8 Å². The Labute approximate surface area is 146 Å². The quantitative estimate of drug-likeness (QED) is 0.791. The number of hydrogen-bond donors (Lipinski definition) is 1. The van der Waals surface area contributed by atoms with E-state index in [0.717, 1.165) is 29.4 Å². The van der Waals surface area contributed by atoms with Gasteiger partial charge in [-0.05, 0) is 29.7 Å². The van der Waals surface area contributed by atoms with Crippen molar-refractivity contribution in [2.24, 2.45) is 0 Å². The molecule has 1 aliphatic rings. The van der Waals surface area contributed by atoms with Crippen LogP contribution in [0.4, 0.5) is 5.95 Å². The zero-order valence-corrected chi connectivity index (χ0v) is 14.2. The highest BCUT2D eigenvalue weighted by Crippen LogP contribution is 2.39. The summed E-state index contributed by atoms with van der Waals surface area (Å²) in [6, 6.07) is 16.7. The summed E-state index contributed by atoms with van der Waals surface area (Å²) >= 11 is 0. The second kappa shape index (κ2) is 6.47. The number of aromatic nitrogens is 3. The molecule has 1 aromatic heterocycles. The minimum Gasteiger partial charge on any atom is -0.493 e. The monoisotopic (exact) mass is 336 g/mol. The molecule has 0 saturated carbocycles. The maximum absolute atomic E-state index is 5.46. The van der Waals surface area contributed by atoms with Crippen molar-refractivity contribution in [1.82, 2.24) is 14.8 Å². The van der Waals surface area contributed by atoms with Gasteiger partial charge in [0.25, 0.3) is 0 Å². The number of nitrogens with one attached hydrogen (secondary N) is 1. The third-order valence-corrected chi connectivity index (χ3v) is 4.62. The van der Waals surface area contributed by atoms with Gasteiger partial charge in [-0.15, -0.1) is 0 Å². The third-order valence-electron chi connectivity index (χ3n) is 4.62. The van der Waals surface area contributed by atoms with E-state index in [-0.39, 0.29) is 12.1 Å². The Morgan fingerprint density at radius 1 is 1.00 bits per heavy atom. The standard InChI is InChI=1S/C19H20N4O2/c1-24-17-9-8-14(10-18(17)25-2)16-11-15(13-6-4-3-5-7-13)22-19-20-12-21-23(16)19/h3-10,12,15-16H,11H2,1-2H3,(H,20,21,22)/t15-,16+/m0/s1. The van der Waals surface area contributed by atoms with E-state index in [0.29, 0.717) is 0 Å². The molecule has 0 spiro atoms. The molecule has 0 fully saturated rings. The van der Waals surface area contributed by atoms with Crippen LogP contribution in [0.2, 0.25) is 0 Å². The lowest BCUT2D eigenvalue weighted by molar-refractivity contribution is 0.352. The molecule has 2 aromatic carbocycles. The zero-order valence-electron chi connectivity index (χ0n) is 14.2. The first-order valence-corrected chi connectivity index (χ1v) is 8.23. The fourth-order valence-corrected chi connectivity index (χ4v) is 3.36. The molecule has 0 unspecified atom stereocenters. The van der Waals surface area contributed by atoms with Crippen molar-refractivity contribution >= 4 is 5.95 Å². The van der Waals surface area contributed by atoms with Crippen LogP contribution in [0.25, 0.3) is 0 Å². The van der Waals surface area contributed by atoms with Crippen LogP contribution in [0.15, 0.2) is 54.9 Å². The van der Waals surface area contributed by atoms with Gasteiger partial charge in [-0.2, -0.15) is 10.1 Å². The van der Waals surface area contributed by atoms with Gasteiger partial charge in [0, 0.05) is 0 Å². The predicted octanol–water partition coefficient (Wildman–Crippen LogP) is 3.44. The lowest BCUT2D eigenvalue weighted by atomic mass is 9.93. The first-order valence-electron chi connectivity index (χ1n) is 8.23. The van der Waals surface area contributed by atoms with Crippen LogP contribution in [-0.4, -0.2) is 29.0 Å². The second-order valence-corrected chi connectivity index (χ2v) is 6.00. The summed E-state index contributed by atoms with van der Waals surface area (Å²) in [5.74, 6) is 2.22. The minimum absolute atomic E-state index is 0.0729. The van der Waals surface area contributed by atoms with Gasteiger partial charge < -0.3 is 14.8 Å². The van der Waals surface area contributed by atoms with E-state index in [9.17, 15) is 0 Å². The van der Waals surface area contributed by atoms with E-state index in [1.807, 2.05) is 22.9 Å². The number of rotatable bonds is 4. The molecular formula is C19H20N4O2. The van der Waals surface area contributed by atoms with Crippen molar-refractivity contribution in [2.45, 2.75) is 18.5 Å². The third kappa shape index (κ3) is 2.80. The van der Waals surface area contributed by atoms with E-state index >= 15 is 0 Å². The highest BCUT2D eigenvalue weighted by molar-refractivity contribution is 5.46. The molecule has 0 bridgehead atoms. The molecule has 1 aliphatic heterocycles. The van der Waals surface area contributed by atoms with Crippen molar-refractivity contribution in [1.29, 1.82) is 0 Å². The molecule has 0 saturated heterocycles. The number of benzene rings is 2. The van der Waals surface area contributed by atoms with Crippen molar-refractivity contribution in [2.75, 3.05) is 19.5 Å². The molecule has 3 aromatic rings. The fourth-order valence-electron chi connectivity index (χ4n) is 3.36. The summed E-state index contributed by atoms with van der Waals surface area (Å²) < 4.78 is 12.7. The number of hydrogen-bond acceptors (Lipinski definition) is 5. The van der Waals surface area contributed by atoms with E-state index < -0.39 is 0 Å². The molecule has 6 heteroatoms. The Morgan fingerprint density at radius 3 is 2.56 bits per heavy atom. The van der Waals surface area contributed by atoms with Gasteiger partial charge in [-0.25, -0.2) is 4.68 Å². The molecule has 6 nitrogen and oxygen atoms in total. The average Bonchev–Trinajstić information content (AvgIpc) is 3.16. The Balaban J connectivity index is 1.73. The smallest absolute Gasteiger partial charge is 0.222 e. The van der Waals surface area contributed by atoms with Gasteiger partial charge in [0.1, 0.15) is 6.33 Å². The van der Waals surface area contributed by atoms with Crippen molar-refractivity contribution in [3.63, 3.8) is 0 Å². The van der Waals surface area contributed by atoms with Gasteiger partial charge >= 0.3 is 0 Å². The maximum Gasteiger partial charge on any atom is 0.222 e. The van der Waals surface area contributed by atoms with E-state index in [4.69, 9.17) is 9.47 Å². The Morgan fingerprint density at radius 2 is 1.80 bits per heavy atom. The summed E-state index contributed by atoms with van der Waals surface area (Å²) in [5, 5.41) is 7.89. The summed E-state index contributed by atoms with van der Waals surface area (Å²) in [5.41, 5.74) is 2.36. The lowest BCUT2D eigenvalue weighted by Gasteiger charge is -2.32. The topological polar surface area (TPSA) is 61.2 Å². The molecule has 128 valence electrons. The molecule has 0 radical (unpaired) electrons. The van der Waals surface area contributed by atoms with Gasteiger partial charge in [0.2, 0.25) is 5.95 Å². The molecule has 4 rings (SSSR count). The van der Waals surface area contributed by atoms with E-state index in [2.05, 4.69) is 45.7 Å². The molecule has 0 amide bonds. The molecule has 25 heavy (non-hydrogen) atoms. The Bertz CT molecular complexity index is 863. The molecule has 0 aliphatic carbocycles. The summed E-state index contributed by atoms with van der Waals surface area (Å²) in [7, 11) is 3.29. The molecule has 1 N–H and O–H groups in total. The maximum atomic E-state index is 5.46. The highest BCUT2D eigenvalue weighted by atomic mass is 16.5. The van der Waals surface area contributed by atoms with Gasteiger partial charge in [0.05, 0.1) is 26.3 Å². The number of methoxy groups -OCH3 is 2.